The van der Waals surface area contributed by atoms with Crippen LogP contribution in [0.2, 0.25) is 0 Å². The molecule has 0 fully saturated rings. The lowest BCUT2D eigenvalue weighted by molar-refractivity contribution is -0.129. The molecule has 2 aromatic rings. The van der Waals surface area contributed by atoms with E-state index in [0.717, 1.165) is 12.0 Å². The maximum atomic E-state index is 12.4. The summed E-state index contributed by atoms with van der Waals surface area (Å²) in [7, 11) is -3.57. The summed E-state index contributed by atoms with van der Waals surface area (Å²) in [6.45, 7) is 4.39. The van der Waals surface area contributed by atoms with Crippen LogP contribution in [0.5, 0.6) is 0 Å². The first-order valence-corrected chi connectivity index (χ1v) is 9.64. The highest BCUT2D eigenvalue weighted by atomic mass is 32.2. The Labute approximate surface area is 141 Å². The number of hydrogen-bond acceptors (Lipinski definition) is 5. The van der Waals surface area contributed by atoms with Gasteiger partial charge >= 0.3 is 0 Å². The highest BCUT2D eigenvalue weighted by Gasteiger charge is 2.26. The Bertz CT molecular complexity index is 851. The first kappa shape index (κ1) is 16.7. The number of carbonyl (C=O) groups is 1. The molecular weight excluding hydrogens is 328 g/mol. The molecule has 3 rings (SSSR count). The van der Waals surface area contributed by atoms with Crippen molar-refractivity contribution in [2.24, 2.45) is 0 Å². The lowest BCUT2D eigenvalue weighted by atomic mass is 10.00. The lowest BCUT2D eigenvalue weighted by Crippen LogP contribution is -2.39. The van der Waals surface area contributed by atoms with E-state index in [1.54, 1.807) is 18.7 Å². The standard InChI is InChI=1S/C17H20N2O4S/c1-12-16(13(2)23-18-12)10-24(21,22)11-17(20)19-8-7-14-5-3-4-6-15(14)9-19/h3-6H,7-11H2,1-2H3. The van der Waals surface area contributed by atoms with Gasteiger partial charge in [0.1, 0.15) is 11.5 Å². The van der Waals surface area contributed by atoms with Gasteiger partial charge in [-0.05, 0) is 31.4 Å². The molecule has 7 heteroatoms. The van der Waals surface area contributed by atoms with Crippen molar-refractivity contribution < 1.29 is 17.7 Å². The molecule has 1 amide bonds. The average Bonchev–Trinajstić information content (AvgIpc) is 2.85. The third-order valence-corrected chi connectivity index (χ3v) is 5.79. The van der Waals surface area contributed by atoms with Gasteiger partial charge in [0, 0.05) is 18.7 Å². The number of amides is 1. The molecule has 6 nitrogen and oxygen atoms in total. The van der Waals surface area contributed by atoms with E-state index in [-0.39, 0.29) is 11.7 Å². The Morgan fingerprint density at radius 2 is 1.96 bits per heavy atom. The van der Waals surface area contributed by atoms with Crippen LogP contribution in [0, 0.1) is 13.8 Å². The first-order valence-electron chi connectivity index (χ1n) is 7.82. The van der Waals surface area contributed by atoms with E-state index in [2.05, 4.69) is 5.16 Å². The van der Waals surface area contributed by atoms with Crippen LogP contribution in [0.25, 0.3) is 0 Å². The van der Waals surface area contributed by atoms with Crippen LogP contribution >= 0.6 is 0 Å². The Morgan fingerprint density at radius 3 is 2.62 bits per heavy atom. The minimum Gasteiger partial charge on any atom is -0.361 e. The molecular formula is C17H20N2O4S. The van der Waals surface area contributed by atoms with Crippen molar-refractivity contribution in [3.63, 3.8) is 0 Å². The molecule has 1 aliphatic heterocycles. The summed E-state index contributed by atoms with van der Waals surface area (Å²) >= 11 is 0. The van der Waals surface area contributed by atoms with E-state index in [0.29, 0.717) is 30.1 Å². The fourth-order valence-corrected chi connectivity index (χ4v) is 4.48. The van der Waals surface area contributed by atoms with Gasteiger partial charge in [-0.3, -0.25) is 4.79 Å². The summed E-state index contributed by atoms with van der Waals surface area (Å²) in [5.41, 5.74) is 3.41. The SMILES string of the molecule is Cc1noc(C)c1CS(=O)(=O)CC(=O)N1CCc2ccccc2C1. The molecule has 1 aromatic heterocycles. The van der Waals surface area contributed by atoms with Crippen LogP contribution in [0.4, 0.5) is 0 Å². The summed E-state index contributed by atoms with van der Waals surface area (Å²) < 4.78 is 29.8. The molecule has 0 atom stereocenters. The van der Waals surface area contributed by atoms with Crippen LogP contribution in [0.15, 0.2) is 28.8 Å². The van der Waals surface area contributed by atoms with E-state index < -0.39 is 15.6 Å². The zero-order chi connectivity index (χ0) is 17.3. The molecule has 1 aliphatic rings. The van der Waals surface area contributed by atoms with Crippen molar-refractivity contribution >= 4 is 15.7 Å². The maximum Gasteiger partial charge on any atom is 0.238 e. The summed E-state index contributed by atoms with van der Waals surface area (Å²) in [5, 5.41) is 3.76. The summed E-state index contributed by atoms with van der Waals surface area (Å²) in [4.78, 5) is 14.0. The van der Waals surface area contributed by atoms with Crippen LogP contribution in [0.1, 0.15) is 28.1 Å². The Kier molecular flexibility index (Phi) is 4.45. The van der Waals surface area contributed by atoms with Crippen molar-refractivity contribution in [3.05, 3.63) is 52.4 Å². The van der Waals surface area contributed by atoms with E-state index in [1.807, 2.05) is 24.3 Å². The van der Waals surface area contributed by atoms with E-state index in [9.17, 15) is 13.2 Å². The Morgan fingerprint density at radius 1 is 1.25 bits per heavy atom. The van der Waals surface area contributed by atoms with Crippen molar-refractivity contribution in [3.8, 4) is 0 Å². The van der Waals surface area contributed by atoms with Gasteiger partial charge in [-0.1, -0.05) is 29.4 Å². The van der Waals surface area contributed by atoms with E-state index in [1.165, 1.54) is 5.56 Å². The van der Waals surface area contributed by atoms with Gasteiger partial charge in [-0.25, -0.2) is 8.42 Å². The van der Waals surface area contributed by atoms with Gasteiger partial charge in [0.25, 0.3) is 0 Å². The molecule has 0 saturated carbocycles. The monoisotopic (exact) mass is 348 g/mol. The number of aromatic nitrogens is 1. The van der Waals surface area contributed by atoms with Gasteiger partial charge in [0.15, 0.2) is 9.84 Å². The van der Waals surface area contributed by atoms with Gasteiger partial charge in [0.2, 0.25) is 5.91 Å². The summed E-state index contributed by atoms with van der Waals surface area (Å²) in [6.07, 6.45) is 0.756. The summed E-state index contributed by atoms with van der Waals surface area (Å²) in [5.74, 6) is -0.574. The van der Waals surface area contributed by atoms with E-state index >= 15 is 0 Å². The number of rotatable bonds is 4. The molecule has 0 bridgehead atoms. The first-order chi connectivity index (χ1) is 11.4. The summed E-state index contributed by atoms with van der Waals surface area (Å²) in [6, 6.07) is 7.93. The largest absolute Gasteiger partial charge is 0.361 e. The van der Waals surface area contributed by atoms with Crippen molar-refractivity contribution in [1.82, 2.24) is 10.1 Å². The molecule has 0 radical (unpaired) electrons. The van der Waals surface area contributed by atoms with Crippen molar-refractivity contribution in [1.29, 1.82) is 0 Å². The molecule has 0 unspecified atom stereocenters. The normalized spacial score (nSPS) is 14.5. The van der Waals surface area contributed by atoms with Crippen LogP contribution in [0.3, 0.4) is 0 Å². The molecule has 0 N–H and O–H groups in total. The number of benzene rings is 1. The smallest absolute Gasteiger partial charge is 0.238 e. The van der Waals surface area contributed by atoms with Crippen LogP contribution in [-0.4, -0.2) is 36.7 Å². The van der Waals surface area contributed by atoms with Gasteiger partial charge in [-0.2, -0.15) is 0 Å². The fraction of sp³-hybridized carbons (Fsp3) is 0.412. The molecule has 24 heavy (non-hydrogen) atoms. The number of hydrogen-bond donors (Lipinski definition) is 0. The number of nitrogens with zero attached hydrogens (tertiary/aromatic N) is 2. The molecule has 128 valence electrons. The van der Waals surface area contributed by atoms with Gasteiger partial charge in [0.05, 0.1) is 11.4 Å². The zero-order valence-corrected chi connectivity index (χ0v) is 14.6. The number of carbonyl (C=O) groups excluding carboxylic acids is 1. The zero-order valence-electron chi connectivity index (χ0n) is 13.8. The minimum atomic E-state index is -3.57. The quantitative estimate of drug-likeness (QED) is 0.841. The second-order valence-electron chi connectivity index (χ2n) is 6.17. The van der Waals surface area contributed by atoms with Crippen molar-refractivity contribution in [2.45, 2.75) is 32.6 Å². The average molecular weight is 348 g/mol. The topological polar surface area (TPSA) is 80.5 Å². The fourth-order valence-electron chi connectivity index (χ4n) is 2.97. The molecule has 2 heterocycles. The lowest BCUT2D eigenvalue weighted by Gasteiger charge is -2.28. The number of fused-ring (bicyclic) bond motifs is 1. The molecule has 1 aromatic carbocycles. The third-order valence-electron chi connectivity index (χ3n) is 4.37. The maximum absolute atomic E-state index is 12.4. The van der Waals surface area contributed by atoms with Gasteiger partial charge < -0.3 is 9.42 Å². The highest BCUT2D eigenvalue weighted by molar-refractivity contribution is 7.91. The second-order valence-corrected chi connectivity index (χ2v) is 8.23. The third kappa shape index (κ3) is 3.51. The Balaban J connectivity index is 1.68. The predicted molar refractivity (Wildman–Crippen MR) is 89.0 cm³/mol. The van der Waals surface area contributed by atoms with E-state index in [4.69, 9.17) is 4.52 Å². The molecule has 0 spiro atoms. The second kappa shape index (κ2) is 6.39. The number of sulfone groups is 1. The predicted octanol–water partition coefficient (Wildman–Crippen LogP) is 1.79. The molecule has 0 saturated heterocycles. The number of aryl methyl sites for hydroxylation is 2. The highest BCUT2D eigenvalue weighted by Crippen LogP contribution is 2.20. The van der Waals surface area contributed by atoms with Crippen molar-refractivity contribution in [2.75, 3.05) is 12.3 Å². The Hall–Kier alpha value is -2.15. The van der Waals surface area contributed by atoms with Gasteiger partial charge in [-0.15, -0.1) is 0 Å². The van der Waals surface area contributed by atoms with Crippen LogP contribution < -0.4 is 0 Å². The van der Waals surface area contributed by atoms with Crippen LogP contribution in [-0.2, 0) is 33.4 Å². The molecule has 0 aliphatic carbocycles. The minimum absolute atomic E-state index is 0.218.